The van der Waals surface area contributed by atoms with E-state index < -0.39 is 18.1 Å². The fourth-order valence-corrected chi connectivity index (χ4v) is 6.05. The highest BCUT2D eigenvalue weighted by Crippen LogP contribution is 2.58. The van der Waals surface area contributed by atoms with E-state index in [1.54, 1.807) is 12.1 Å². The first-order valence-electron chi connectivity index (χ1n) is 10.5. The smallest absolute Gasteiger partial charge is 0.327 e. The minimum absolute atomic E-state index is 0.0384. The maximum Gasteiger partial charge on any atom is 0.393 e. The molecule has 2 unspecified atom stereocenters. The molecule has 4 aliphatic rings. The normalized spacial score (nSPS) is 37.8. The summed E-state index contributed by atoms with van der Waals surface area (Å²) in [6, 6.07) is 5.46. The number of alkyl halides is 3. The first-order chi connectivity index (χ1) is 14.2. The zero-order valence-electron chi connectivity index (χ0n) is 16.7. The van der Waals surface area contributed by atoms with Crippen molar-refractivity contribution in [3.8, 4) is 0 Å². The number of hydrazone groups is 1. The van der Waals surface area contributed by atoms with Crippen LogP contribution in [0.15, 0.2) is 52.7 Å². The quantitative estimate of drug-likeness (QED) is 0.502. The van der Waals surface area contributed by atoms with Gasteiger partial charge in [-0.15, -0.1) is 0 Å². The number of hydrogen-bond acceptors (Lipinski definition) is 3. The predicted molar refractivity (Wildman–Crippen MR) is 108 cm³/mol. The molecule has 0 saturated heterocycles. The lowest BCUT2D eigenvalue weighted by molar-refractivity contribution is -0.184. The van der Waals surface area contributed by atoms with Crippen molar-refractivity contribution in [1.29, 1.82) is 0 Å². The third-order valence-corrected chi connectivity index (χ3v) is 7.62. The molecule has 160 valence electrons. The number of fused-ring (bicyclic) bond motifs is 4. The minimum atomic E-state index is -4.26. The average Bonchev–Trinajstić information content (AvgIpc) is 3.08. The van der Waals surface area contributed by atoms with Crippen molar-refractivity contribution in [3.05, 3.63) is 53.4 Å². The molecule has 3 nitrogen and oxygen atoms in total. The van der Waals surface area contributed by atoms with E-state index in [4.69, 9.17) is 5.73 Å². The Balaban J connectivity index is 1.47. The van der Waals surface area contributed by atoms with Crippen LogP contribution in [0.3, 0.4) is 0 Å². The molecule has 1 heterocycles. The Bertz CT molecular complexity index is 933. The second-order valence-corrected chi connectivity index (χ2v) is 9.23. The van der Waals surface area contributed by atoms with Crippen molar-refractivity contribution >= 4 is 11.9 Å². The molecule has 1 fully saturated rings. The highest BCUT2D eigenvalue weighted by atomic mass is 19.4. The molecular weight excluding hydrogens is 394 g/mol. The van der Waals surface area contributed by atoms with E-state index in [0.29, 0.717) is 6.42 Å². The van der Waals surface area contributed by atoms with Crippen molar-refractivity contribution in [2.24, 2.45) is 34.0 Å². The Morgan fingerprint density at radius 1 is 1.20 bits per heavy atom. The van der Waals surface area contributed by atoms with E-state index in [2.05, 4.69) is 18.1 Å². The van der Waals surface area contributed by atoms with E-state index in [-0.39, 0.29) is 35.5 Å². The summed E-state index contributed by atoms with van der Waals surface area (Å²) in [6.45, 7) is 2.15. The number of rotatable bonds is 1. The van der Waals surface area contributed by atoms with Gasteiger partial charge in [-0.3, -0.25) is 5.01 Å². The number of benzene rings is 1. The highest BCUT2D eigenvalue weighted by Gasteiger charge is 2.54. The number of anilines is 1. The lowest BCUT2D eigenvalue weighted by Gasteiger charge is -2.52. The SMILES string of the molecule is C[C@]12CC3C=NN(c4ccc(F)cc4)C3C=C1CC[C@H]1C2=CC[C@@H](C(F)(F)F)[C@@H]1N. The van der Waals surface area contributed by atoms with E-state index in [1.807, 2.05) is 17.3 Å². The molecule has 0 amide bonds. The van der Waals surface area contributed by atoms with E-state index in [9.17, 15) is 17.6 Å². The largest absolute Gasteiger partial charge is 0.393 e. The van der Waals surface area contributed by atoms with E-state index in [0.717, 1.165) is 24.1 Å². The van der Waals surface area contributed by atoms with Crippen LogP contribution >= 0.6 is 0 Å². The average molecular weight is 419 g/mol. The number of allylic oxidation sites excluding steroid dienone is 2. The van der Waals surface area contributed by atoms with Crippen molar-refractivity contribution in [2.45, 2.75) is 50.9 Å². The van der Waals surface area contributed by atoms with Gasteiger partial charge in [-0.1, -0.05) is 30.2 Å². The Kier molecular flexibility index (Phi) is 4.40. The van der Waals surface area contributed by atoms with Gasteiger partial charge in [0.15, 0.2) is 0 Å². The monoisotopic (exact) mass is 419 g/mol. The van der Waals surface area contributed by atoms with Gasteiger partial charge in [0.05, 0.1) is 17.6 Å². The number of hydrogen-bond donors (Lipinski definition) is 1. The Morgan fingerprint density at radius 3 is 2.63 bits per heavy atom. The maximum absolute atomic E-state index is 13.4. The number of nitrogens with two attached hydrogens (primary N) is 1. The summed E-state index contributed by atoms with van der Waals surface area (Å²) < 4.78 is 53.6. The van der Waals surface area contributed by atoms with Crippen molar-refractivity contribution in [2.75, 3.05) is 5.01 Å². The van der Waals surface area contributed by atoms with Gasteiger partial charge >= 0.3 is 6.18 Å². The summed E-state index contributed by atoms with van der Waals surface area (Å²) in [5.74, 6) is -1.82. The zero-order valence-corrected chi connectivity index (χ0v) is 16.7. The number of nitrogens with zero attached hydrogens (tertiary/aromatic N) is 2. The Labute approximate surface area is 173 Å². The lowest BCUT2D eigenvalue weighted by Crippen LogP contribution is -2.52. The molecule has 0 aromatic heterocycles. The van der Waals surface area contributed by atoms with Crippen LogP contribution in [0.4, 0.5) is 23.2 Å². The molecule has 1 aromatic carbocycles. The first-order valence-corrected chi connectivity index (χ1v) is 10.5. The van der Waals surface area contributed by atoms with Crippen LogP contribution < -0.4 is 10.7 Å². The van der Waals surface area contributed by atoms with Gasteiger partial charge in [-0.25, -0.2) is 4.39 Å². The lowest BCUT2D eigenvalue weighted by atomic mass is 9.54. The van der Waals surface area contributed by atoms with Crippen LogP contribution in [0.5, 0.6) is 0 Å². The molecule has 1 aliphatic heterocycles. The van der Waals surface area contributed by atoms with Crippen molar-refractivity contribution in [1.82, 2.24) is 0 Å². The molecule has 1 aromatic rings. The molecule has 3 aliphatic carbocycles. The van der Waals surface area contributed by atoms with Crippen LogP contribution in [0.1, 0.15) is 32.6 Å². The number of halogens is 4. The second-order valence-electron chi connectivity index (χ2n) is 9.23. The van der Waals surface area contributed by atoms with Crippen LogP contribution in [-0.2, 0) is 0 Å². The first kappa shape index (κ1) is 19.8. The van der Waals surface area contributed by atoms with Gasteiger partial charge in [-0.05, 0) is 55.9 Å². The van der Waals surface area contributed by atoms with Gasteiger partial charge in [0, 0.05) is 23.6 Å². The molecule has 1 saturated carbocycles. The van der Waals surface area contributed by atoms with Crippen LogP contribution in [0, 0.1) is 29.0 Å². The summed E-state index contributed by atoms with van der Waals surface area (Å²) in [7, 11) is 0. The van der Waals surface area contributed by atoms with Crippen LogP contribution in [0.2, 0.25) is 0 Å². The van der Waals surface area contributed by atoms with Gasteiger partial charge < -0.3 is 5.73 Å². The summed E-state index contributed by atoms with van der Waals surface area (Å²) in [5, 5.41) is 6.50. The van der Waals surface area contributed by atoms with Gasteiger partial charge in [0.25, 0.3) is 0 Å². The summed E-state index contributed by atoms with van der Waals surface area (Å²) in [6.07, 6.45) is 3.89. The van der Waals surface area contributed by atoms with Crippen LogP contribution in [0.25, 0.3) is 0 Å². The fraction of sp³-hybridized carbons (Fsp3) is 0.522. The minimum Gasteiger partial charge on any atom is -0.327 e. The molecule has 0 spiro atoms. The molecule has 5 rings (SSSR count). The molecule has 0 bridgehead atoms. The standard InChI is InChI=1S/C23H25F4N3/c1-22-11-13-12-29-30(16-5-3-15(24)4-6-16)20(13)10-14(22)2-7-17-18(22)8-9-19(21(17)28)23(25,26)27/h3-6,8,10,12-13,17,19-21H,2,7,9,11,28H2,1H3/t13?,17-,19+,20?,21+,22-/m0/s1. The predicted octanol–water partition coefficient (Wildman–Crippen LogP) is 5.20. The molecule has 7 heteroatoms. The van der Waals surface area contributed by atoms with Crippen molar-refractivity contribution < 1.29 is 17.6 Å². The highest BCUT2D eigenvalue weighted by molar-refractivity contribution is 5.72. The van der Waals surface area contributed by atoms with Gasteiger partial charge in [0.1, 0.15) is 5.82 Å². The van der Waals surface area contributed by atoms with E-state index >= 15 is 0 Å². The topological polar surface area (TPSA) is 41.6 Å². The summed E-state index contributed by atoms with van der Waals surface area (Å²) >= 11 is 0. The maximum atomic E-state index is 13.4. The third-order valence-electron chi connectivity index (χ3n) is 7.62. The van der Waals surface area contributed by atoms with Gasteiger partial charge in [0.2, 0.25) is 0 Å². The summed E-state index contributed by atoms with van der Waals surface area (Å²) in [5.41, 5.74) is 9.08. The molecule has 2 N–H and O–H groups in total. The Morgan fingerprint density at radius 2 is 1.93 bits per heavy atom. The fourth-order valence-electron chi connectivity index (χ4n) is 6.05. The molecule has 30 heavy (non-hydrogen) atoms. The third kappa shape index (κ3) is 2.93. The van der Waals surface area contributed by atoms with Crippen molar-refractivity contribution in [3.63, 3.8) is 0 Å². The molecule has 0 radical (unpaired) electrons. The Hall–Kier alpha value is -2.15. The van der Waals surface area contributed by atoms with Gasteiger partial charge in [-0.2, -0.15) is 18.3 Å². The zero-order chi connectivity index (χ0) is 21.3. The summed E-state index contributed by atoms with van der Waals surface area (Å²) in [4.78, 5) is 0. The van der Waals surface area contributed by atoms with E-state index in [1.165, 1.54) is 17.7 Å². The second kappa shape index (κ2) is 6.67. The molecule has 6 atom stereocenters. The van der Waals surface area contributed by atoms with Crippen LogP contribution in [-0.4, -0.2) is 24.5 Å². The molecular formula is C23H25F4N3.